The molecule has 0 amide bonds. The van der Waals surface area contributed by atoms with E-state index in [0.717, 1.165) is 43.9 Å². The molecule has 0 aliphatic heterocycles. The number of aromatic nitrogens is 2. The normalized spacial score (nSPS) is 11.7. The lowest BCUT2D eigenvalue weighted by Crippen LogP contribution is -2.30. The predicted molar refractivity (Wildman–Crippen MR) is 114 cm³/mol. The number of ether oxygens (including phenoxy) is 1. The molecule has 0 bridgehead atoms. The highest BCUT2D eigenvalue weighted by Crippen LogP contribution is 2.44. The standard InChI is InChI=1S/C21H24N2O2S2/c1-6-15-9-8-14(12-22-15)18-17(26-21(4,5)20(24)25-7-2)11-10-16-13(3)23-27-19(16)18/h8-12H,6-7H2,1-5H3. The van der Waals surface area contributed by atoms with Crippen LogP contribution in [0.4, 0.5) is 0 Å². The van der Waals surface area contributed by atoms with E-state index in [9.17, 15) is 4.79 Å². The van der Waals surface area contributed by atoms with Crippen LogP contribution >= 0.6 is 23.3 Å². The van der Waals surface area contributed by atoms with E-state index in [1.54, 1.807) is 0 Å². The molecule has 3 aromatic rings. The van der Waals surface area contributed by atoms with Crippen LogP contribution in [-0.2, 0) is 16.0 Å². The first-order valence-corrected chi connectivity index (χ1v) is 10.7. The summed E-state index contributed by atoms with van der Waals surface area (Å²) in [6.45, 7) is 10.1. The number of carbonyl (C=O) groups excluding carboxylic acids is 1. The summed E-state index contributed by atoms with van der Waals surface area (Å²) >= 11 is 3.02. The topological polar surface area (TPSA) is 52.1 Å². The number of pyridine rings is 1. The Labute approximate surface area is 168 Å². The highest BCUT2D eigenvalue weighted by Gasteiger charge is 2.32. The van der Waals surface area contributed by atoms with Gasteiger partial charge in [-0.15, -0.1) is 11.8 Å². The van der Waals surface area contributed by atoms with Crippen molar-refractivity contribution in [3.63, 3.8) is 0 Å². The van der Waals surface area contributed by atoms with Crippen molar-refractivity contribution in [3.8, 4) is 11.1 Å². The molecule has 142 valence electrons. The molecule has 4 nitrogen and oxygen atoms in total. The van der Waals surface area contributed by atoms with Gasteiger partial charge in [-0.05, 0) is 57.8 Å². The summed E-state index contributed by atoms with van der Waals surface area (Å²) in [5.74, 6) is -0.207. The van der Waals surface area contributed by atoms with Crippen molar-refractivity contribution in [1.29, 1.82) is 0 Å². The minimum absolute atomic E-state index is 0.207. The average Bonchev–Trinajstić information content (AvgIpc) is 3.02. The summed E-state index contributed by atoms with van der Waals surface area (Å²) in [6, 6.07) is 8.34. The maximum Gasteiger partial charge on any atom is 0.321 e. The zero-order valence-electron chi connectivity index (χ0n) is 16.3. The second-order valence-corrected chi connectivity index (χ2v) is 9.25. The summed E-state index contributed by atoms with van der Waals surface area (Å²) in [7, 11) is 0. The Morgan fingerprint density at radius 2 is 2.00 bits per heavy atom. The van der Waals surface area contributed by atoms with Gasteiger partial charge in [0, 0.05) is 33.3 Å². The van der Waals surface area contributed by atoms with Crippen molar-refractivity contribution in [1.82, 2.24) is 9.36 Å². The Bertz CT molecular complexity index is 962. The summed E-state index contributed by atoms with van der Waals surface area (Å²) in [6.07, 6.45) is 2.83. The lowest BCUT2D eigenvalue weighted by molar-refractivity contribution is -0.145. The van der Waals surface area contributed by atoms with Crippen LogP contribution < -0.4 is 0 Å². The molecule has 0 unspecified atom stereocenters. The minimum Gasteiger partial charge on any atom is -0.465 e. The first-order chi connectivity index (χ1) is 12.9. The summed E-state index contributed by atoms with van der Waals surface area (Å²) < 4.78 is 10.2. The van der Waals surface area contributed by atoms with Crippen LogP contribution in [0.3, 0.4) is 0 Å². The van der Waals surface area contributed by atoms with E-state index in [1.165, 1.54) is 23.3 Å². The van der Waals surface area contributed by atoms with Gasteiger partial charge in [0.15, 0.2) is 0 Å². The third-order valence-electron chi connectivity index (χ3n) is 4.39. The van der Waals surface area contributed by atoms with Gasteiger partial charge in [0.05, 0.1) is 17.0 Å². The van der Waals surface area contributed by atoms with Crippen LogP contribution in [-0.4, -0.2) is 26.7 Å². The maximum absolute atomic E-state index is 12.4. The van der Waals surface area contributed by atoms with Crippen molar-refractivity contribution in [2.75, 3.05) is 6.61 Å². The van der Waals surface area contributed by atoms with E-state index in [1.807, 2.05) is 33.9 Å². The Balaban J connectivity index is 2.13. The maximum atomic E-state index is 12.4. The molecule has 3 rings (SSSR count). The van der Waals surface area contributed by atoms with Gasteiger partial charge in [-0.25, -0.2) is 0 Å². The molecule has 0 atom stereocenters. The molecule has 0 aliphatic rings. The van der Waals surface area contributed by atoms with Crippen molar-refractivity contribution >= 4 is 39.3 Å². The number of hydrogen-bond donors (Lipinski definition) is 0. The fourth-order valence-electron chi connectivity index (χ4n) is 2.87. The highest BCUT2D eigenvalue weighted by molar-refractivity contribution is 8.01. The summed E-state index contributed by atoms with van der Waals surface area (Å²) in [4.78, 5) is 18.0. The van der Waals surface area contributed by atoms with Gasteiger partial charge >= 0.3 is 5.97 Å². The number of aryl methyl sites for hydroxylation is 2. The molecule has 27 heavy (non-hydrogen) atoms. The fraction of sp³-hybridized carbons (Fsp3) is 0.381. The lowest BCUT2D eigenvalue weighted by Gasteiger charge is -2.23. The molecule has 0 saturated heterocycles. The minimum atomic E-state index is -0.686. The van der Waals surface area contributed by atoms with Crippen LogP contribution in [0.2, 0.25) is 0 Å². The molecule has 2 aromatic heterocycles. The van der Waals surface area contributed by atoms with Crippen molar-refractivity contribution in [2.45, 2.75) is 50.7 Å². The van der Waals surface area contributed by atoms with E-state index in [0.29, 0.717) is 6.61 Å². The molecule has 0 saturated carbocycles. The quantitative estimate of drug-likeness (QED) is 0.394. The van der Waals surface area contributed by atoms with Gasteiger partial charge in [0.2, 0.25) is 0 Å². The Hall–Kier alpha value is -1.92. The fourth-order valence-corrected chi connectivity index (χ4v) is 5.04. The highest BCUT2D eigenvalue weighted by atomic mass is 32.2. The van der Waals surface area contributed by atoms with E-state index in [2.05, 4.69) is 40.5 Å². The number of rotatable bonds is 6. The number of fused-ring (bicyclic) bond motifs is 1. The Morgan fingerprint density at radius 1 is 1.22 bits per heavy atom. The molecule has 0 spiro atoms. The van der Waals surface area contributed by atoms with Crippen LogP contribution in [0.15, 0.2) is 35.4 Å². The van der Waals surface area contributed by atoms with E-state index < -0.39 is 4.75 Å². The Kier molecular flexibility index (Phi) is 5.86. The first-order valence-electron chi connectivity index (χ1n) is 9.08. The Morgan fingerprint density at radius 3 is 2.63 bits per heavy atom. The van der Waals surface area contributed by atoms with E-state index in [-0.39, 0.29) is 5.97 Å². The molecule has 0 N–H and O–H groups in total. The van der Waals surface area contributed by atoms with Crippen LogP contribution in [0, 0.1) is 6.92 Å². The average molecular weight is 401 g/mol. The van der Waals surface area contributed by atoms with Crippen molar-refractivity contribution in [2.24, 2.45) is 0 Å². The number of carbonyl (C=O) groups is 1. The van der Waals surface area contributed by atoms with Gasteiger partial charge in [-0.1, -0.05) is 19.1 Å². The molecule has 6 heteroatoms. The SMILES string of the molecule is CCOC(=O)C(C)(C)Sc1ccc2c(C)nsc2c1-c1ccc(CC)nc1. The van der Waals surface area contributed by atoms with Gasteiger partial charge in [0.1, 0.15) is 4.75 Å². The van der Waals surface area contributed by atoms with Crippen molar-refractivity contribution in [3.05, 3.63) is 41.9 Å². The zero-order valence-corrected chi connectivity index (χ0v) is 18.0. The van der Waals surface area contributed by atoms with Crippen LogP contribution in [0.1, 0.15) is 39.1 Å². The van der Waals surface area contributed by atoms with Crippen molar-refractivity contribution < 1.29 is 9.53 Å². The van der Waals surface area contributed by atoms with Gasteiger partial charge < -0.3 is 4.74 Å². The number of nitrogens with zero attached hydrogens (tertiary/aromatic N) is 2. The molecule has 0 fully saturated rings. The molecular weight excluding hydrogens is 376 g/mol. The van der Waals surface area contributed by atoms with E-state index in [4.69, 9.17) is 4.74 Å². The summed E-state index contributed by atoms with van der Waals surface area (Å²) in [5, 5.41) is 1.15. The second-order valence-electron chi connectivity index (χ2n) is 6.81. The number of benzene rings is 1. The third kappa shape index (κ3) is 4.01. The third-order valence-corrected chi connectivity index (χ3v) is 6.60. The second kappa shape index (κ2) is 7.98. The van der Waals surface area contributed by atoms with E-state index >= 15 is 0 Å². The number of esters is 1. The lowest BCUT2D eigenvalue weighted by atomic mass is 10.0. The molecular formula is C21H24N2O2S2. The number of thioether (sulfide) groups is 1. The van der Waals surface area contributed by atoms with Crippen LogP contribution in [0.5, 0.6) is 0 Å². The summed E-state index contributed by atoms with van der Waals surface area (Å²) in [5.41, 5.74) is 4.22. The van der Waals surface area contributed by atoms with Crippen LogP contribution in [0.25, 0.3) is 21.2 Å². The van der Waals surface area contributed by atoms with Gasteiger partial charge in [-0.3, -0.25) is 9.78 Å². The molecule has 0 radical (unpaired) electrons. The molecule has 1 aromatic carbocycles. The van der Waals surface area contributed by atoms with Gasteiger partial charge in [-0.2, -0.15) is 4.37 Å². The molecule has 2 heterocycles. The predicted octanol–water partition coefficient (Wildman–Crippen LogP) is 5.66. The monoisotopic (exact) mass is 400 g/mol. The van der Waals surface area contributed by atoms with Gasteiger partial charge in [0.25, 0.3) is 0 Å². The first kappa shape index (κ1) is 19.8. The zero-order chi connectivity index (χ0) is 19.6. The number of hydrogen-bond acceptors (Lipinski definition) is 6. The smallest absolute Gasteiger partial charge is 0.321 e. The largest absolute Gasteiger partial charge is 0.465 e. The molecule has 0 aliphatic carbocycles.